The largest absolute Gasteiger partial charge is 0.392 e. The van der Waals surface area contributed by atoms with Gasteiger partial charge in [0, 0.05) is 31.0 Å². The van der Waals surface area contributed by atoms with Gasteiger partial charge in [-0.3, -0.25) is 9.20 Å². The molecule has 0 amide bonds. The van der Waals surface area contributed by atoms with E-state index in [4.69, 9.17) is 5.11 Å². The van der Waals surface area contributed by atoms with E-state index in [2.05, 4.69) is 10.3 Å². The molecule has 0 aliphatic rings. The molecule has 0 spiro atoms. The van der Waals surface area contributed by atoms with Gasteiger partial charge >= 0.3 is 0 Å². The van der Waals surface area contributed by atoms with Crippen LogP contribution >= 0.6 is 0 Å². The summed E-state index contributed by atoms with van der Waals surface area (Å²) in [5, 5.41) is 12.1. The first-order chi connectivity index (χ1) is 8.18. The van der Waals surface area contributed by atoms with Gasteiger partial charge < -0.3 is 10.4 Å². The summed E-state index contributed by atoms with van der Waals surface area (Å²) in [6.07, 6.45) is 2.85. The van der Waals surface area contributed by atoms with Gasteiger partial charge in [0.25, 0.3) is 5.56 Å². The Hall–Kier alpha value is -1.72. The van der Waals surface area contributed by atoms with E-state index in [9.17, 15) is 4.79 Å². The van der Waals surface area contributed by atoms with E-state index in [-0.39, 0.29) is 5.56 Å². The topological polar surface area (TPSA) is 66.6 Å². The Kier molecular flexibility index (Phi) is 3.51. The fourth-order valence-corrected chi connectivity index (χ4v) is 1.60. The van der Waals surface area contributed by atoms with Crippen LogP contribution in [0.3, 0.4) is 0 Å². The van der Waals surface area contributed by atoms with E-state index < -0.39 is 6.10 Å². The number of aromatic nitrogens is 2. The summed E-state index contributed by atoms with van der Waals surface area (Å²) >= 11 is 0. The van der Waals surface area contributed by atoms with Gasteiger partial charge in [0.15, 0.2) is 0 Å². The second-order valence-electron chi connectivity index (χ2n) is 4.00. The highest BCUT2D eigenvalue weighted by molar-refractivity contribution is 5.37. The van der Waals surface area contributed by atoms with Crippen LogP contribution in [-0.2, 0) is 6.54 Å². The van der Waals surface area contributed by atoms with Crippen molar-refractivity contribution in [3.8, 4) is 0 Å². The lowest BCUT2D eigenvalue weighted by atomic mass is 10.3. The lowest BCUT2D eigenvalue weighted by Crippen LogP contribution is -2.28. The first kappa shape index (κ1) is 11.8. The molecule has 5 nitrogen and oxygen atoms in total. The number of fused-ring (bicyclic) bond motifs is 1. The van der Waals surface area contributed by atoms with E-state index in [1.807, 2.05) is 6.07 Å². The Balaban J connectivity index is 2.24. The van der Waals surface area contributed by atoms with Crippen molar-refractivity contribution in [3.63, 3.8) is 0 Å². The lowest BCUT2D eigenvalue weighted by Gasteiger charge is -2.07. The molecule has 5 heteroatoms. The Morgan fingerprint density at radius 3 is 3.12 bits per heavy atom. The van der Waals surface area contributed by atoms with Gasteiger partial charge in [0.1, 0.15) is 5.65 Å². The minimum atomic E-state index is -0.425. The molecule has 0 fully saturated rings. The highest BCUT2D eigenvalue weighted by Gasteiger charge is 2.04. The number of nitrogens with zero attached hydrogens (tertiary/aromatic N) is 2. The van der Waals surface area contributed by atoms with Crippen LogP contribution in [0.4, 0.5) is 0 Å². The summed E-state index contributed by atoms with van der Waals surface area (Å²) in [4.78, 5) is 16.2. The van der Waals surface area contributed by atoms with Crippen LogP contribution in [0.1, 0.15) is 12.5 Å². The number of aliphatic hydroxyl groups is 1. The average Bonchev–Trinajstić information content (AvgIpc) is 2.32. The van der Waals surface area contributed by atoms with Crippen molar-refractivity contribution in [2.75, 3.05) is 6.54 Å². The molecule has 0 aliphatic carbocycles. The third kappa shape index (κ3) is 2.69. The smallest absolute Gasteiger partial charge is 0.262 e. The van der Waals surface area contributed by atoms with Gasteiger partial charge in [-0.15, -0.1) is 0 Å². The van der Waals surface area contributed by atoms with Crippen LogP contribution in [0.2, 0.25) is 0 Å². The summed E-state index contributed by atoms with van der Waals surface area (Å²) in [7, 11) is 0. The van der Waals surface area contributed by atoms with Gasteiger partial charge in [-0.05, 0) is 19.1 Å². The molecule has 1 atom stereocenters. The third-order valence-electron chi connectivity index (χ3n) is 2.44. The minimum absolute atomic E-state index is 0.0753. The molecule has 2 aromatic heterocycles. The second-order valence-corrected chi connectivity index (χ2v) is 4.00. The monoisotopic (exact) mass is 233 g/mol. The molecule has 0 saturated carbocycles. The lowest BCUT2D eigenvalue weighted by molar-refractivity contribution is 0.191. The maximum Gasteiger partial charge on any atom is 0.262 e. The maximum atomic E-state index is 12.0. The van der Waals surface area contributed by atoms with Crippen LogP contribution in [0.25, 0.3) is 5.65 Å². The zero-order valence-electron chi connectivity index (χ0n) is 9.63. The van der Waals surface area contributed by atoms with Crippen molar-refractivity contribution in [1.82, 2.24) is 14.7 Å². The first-order valence-corrected chi connectivity index (χ1v) is 5.52. The zero-order valence-corrected chi connectivity index (χ0v) is 9.63. The van der Waals surface area contributed by atoms with Crippen molar-refractivity contribution < 1.29 is 5.11 Å². The average molecular weight is 233 g/mol. The van der Waals surface area contributed by atoms with Gasteiger partial charge in [-0.25, -0.2) is 4.98 Å². The number of hydrogen-bond acceptors (Lipinski definition) is 4. The summed E-state index contributed by atoms with van der Waals surface area (Å²) in [5.74, 6) is 0. The Morgan fingerprint density at radius 2 is 2.35 bits per heavy atom. The van der Waals surface area contributed by atoms with Crippen LogP contribution in [0, 0.1) is 0 Å². The van der Waals surface area contributed by atoms with E-state index in [1.54, 1.807) is 31.5 Å². The molecule has 0 aromatic carbocycles. The van der Waals surface area contributed by atoms with Crippen molar-refractivity contribution >= 4 is 5.65 Å². The van der Waals surface area contributed by atoms with Crippen molar-refractivity contribution in [2.24, 2.45) is 0 Å². The molecule has 2 rings (SSSR count). The van der Waals surface area contributed by atoms with Crippen LogP contribution in [-0.4, -0.2) is 27.1 Å². The maximum absolute atomic E-state index is 12.0. The summed E-state index contributed by atoms with van der Waals surface area (Å²) < 4.78 is 1.51. The SMILES string of the molecule is C[C@H](O)CNCc1cnc2ccccn2c1=O. The van der Waals surface area contributed by atoms with Crippen LogP contribution in [0.5, 0.6) is 0 Å². The minimum Gasteiger partial charge on any atom is -0.392 e. The molecular formula is C12H15N3O2. The molecule has 0 radical (unpaired) electrons. The van der Waals surface area contributed by atoms with E-state index in [0.717, 1.165) is 0 Å². The third-order valence-corrected chi connectivity index (χ3v) is 2.44. The quantitative estimate of drug-likeness (QED) is 0.789. The van der Waals surface area contributed by atoms with Gasteiger partial charge in [-0.2, -0.15) is 0 Å². The number of rotatable bonds is 4. The van der Waals surface area contributed by atoms with Crippen molar-refractivity contribution in [2.45, 2.75) is 19.6 Å². The fraction of sp³-hybridized carbons (Fsp3) is 0.333. The molecule has 90 valence electrons. The molecule has 2 N–H and O–H groups in total. The van der Waals surface area contributed by atoms with Crippen LogP contribution in [0.15, 0.2) is 35.4 Å². The molecule has 0 saturated heterocycles. The van der Waals surface area contributed by atoms with E-state index in [0.29, 0.717) is 24.3 Å². The molecule has 0 aliphatic heterocycles. The number of nitrogens with one attached hydrogen (secondary N) is 1. The standard InChI is InChI=1S/C12H15N3O2/c1-9(16)6-13-7-10-8-14-11-4-2-3-5-15(11)12(10)17/h2-5,8-9,13,16H,6-7H2,1H3/t9-/m0/s1. The molecule has 17 heavy (non-hydrogen) atoms. The number of aliphatic hydroxyl groups excluding tert-OH is 1. The van der Waals surface area contributed by atoms with E-state index in [1.165, 1.54) is 4.40 Å². The Bertz CT molecular complexity index is 563. The summed E-state index contributed by atoms with van der Waals surface area (Å²) in [6, 6.07) is 5.42. The molecule has 0 unspecified atom stereocenters. The first-order valence-electron chi connectivity index (χ1n) is 5.52. The molecule has 2 heterocycles. The fourth-order valence-electron chi connectivity index (χ4n) is 1.60. The molecule has 2 aromatic rings. The zero-order chi connectivity index (χ0) is 12.3. The highest BCUT2D eigenvalue weighted by atomic mass is 16.3. The number of hydrogen-bond donors (Lipinski definition) is 2. The molecule has 0 bridgehead atoms. The predicted molar refractivity (Wildman–Crippen MR) is 64.8 cm³/mol. The number of pyridine rings is 1. The van der Waals surface area contributed by atoms with Gasteiger partial charge in [-0.1, -0.05) is 6.07 Å². The van der Waals surface area contributed by atoms with Gasteiger partial charge in [0.05, 0.1) is 6.10 Å². The highest BCUT2D eigenvalue weighted by Crippen LogP contribution is 1.97. The normalized spacial score (nSPS) is 12.8. The van der Waals surface area contributed by atoms with Gasteiger partial charge in [0.2, 0.25) is 0 Å². The summed E-state index contributed by atoms with van der Waals surface area (Å²) in [5.41, 5.74) is 1.15. The summed E-state index contributed by atoms with van der Waals surface area (Å²) in [6.45, 7) is 2.56. The van der Waals surface area contributed by atoms with Crippen molar-refractivity contribution in [3.05, 3.63) is 46.5 Å². The molecular weight excluding hydrogens is 218 g/mol. The second kappa shape index (κ2) is 5.07. The Labute approximate surface area is 98.7 Å². The van der Waals surface area contributed by atoms with Crippen molar-refractivity contribution in [1.29, 1.82) is 0 Å². The predicted octanol–water partition coefficient (Wildman–Crippen LogP) is 0.165. The Morgan fingerprint density at radius 1 is 1.53 bits per heavy atom. The van der Waals surface area contributed by atoms with Crippen LogP contribution < -0.4 is 10.9 Å². The van der Waals surface area contributed by atoms with E-state index >= 15 is 0 Å².